The predicted octanol–water partition coefficient (Wildman–Crippen LogP) is -7.80. The van der Waals surface area contributed by atoms with Gasteiger partial charge in [-0.1, -0.05) is 41.5 Å². The van der Waals surface area contributed by atoms with Crippen molar-refractivity contribution in [2.75, 3.05) is 13.1 Å². The van der Waals surface area contributed by atoms with E-state index in [9.17, 15) is 78.3 Å². The molecule has 0 aliphatic heterocycles. The van der Waals surface area contributed by atoms with Crippen LogP contribution in [-0.4, -0.2) is 188 Å². The maximum Gasteiger partial charge on any atom is 0.326 e. The first-order valence-corrected chi connectivity index (χ1v) is 23.9. The minimum atomic E-state index is -1.93. The van der Waals surface area contributed by atoms with E-state index in [1.807, 2.05) is 0 Å². The highest BCUT2D eigenvalue weighted by molar-refractivity contribution is 5.99. The lowest BCUT2D eigenvalue weighted by Gasteiger charge is -2.31. The van der Waals surface area contributed by atoms with Crippen molar-refractivity contribution in [2.45, 2.75) is 174 Å². The van der Waals surface area contributed by atoms with Crippen LogP contribution in [0.25, 0.3) is 0 Å². The molecule has 0 heterocycles. The predicted molar refractivity (Wildman–Crippen MR) is 264 cm³/mol. The lowest BCUT2D eigenvalue weighted by atomic mass is 10.0. The summed E-state index contributed by atoms with van der Waals surface area (Å²) in [5.41, 5.74) is 21.6. The monoisotopic (exact) mass is 1060 g/mol. The van der Waals surface area contributed by atoms with Crippen molar-refractivity contribution in [3.63, 3.8) is 0 Å². The lowest BCUT2D eigenvalue weighted by molar-refractivity contribution is -0.144. The molecule has 0 spiro atoms. The zero-order valence-corrected chi connectivity index (χ0v) is 43.5. The highest BCUT2D eigenvalue weighted by Gasteiger charge is 2.39. The standard InChI is InChI=1S/C44H80N14O16/c1-17(2)14-25(50-28(64)16-45)36(66)52-26(15-27(46)63)37(67)51-24(12-11-13-49-44(47)48)35(65)55-31(20(7)59)41(71)57-32(21(8)60)39(69)53-29(18(3)4)38(68)56-34(23(10)62)42(72)58-33(22(9)61)40(70)54-30(19(5)6)43(73)74/h17-26,29-34,59-62H,11-16,45H2,1-10H3,(H2,46,63)(H,50,64)(H,51,67)(H,52,66)(H,53,69)(H,54,70)(H,55,65)(H,56,68)(H,57,71)(H,58,72)(H,73,74)(H4,47,48,49)/t20-,21-,22-,23-,24+,25+,26+,29+,30+,31+,32+,33+,34+/m1/s1. The molecule has 30 heteroatoms. The Kier molecular flexibility index (Phi) is 29.5. The molecule has 0 bridgehead atoms. The number of nitrogens with one attached hydrogen (secondary N) is 9. The van der Waals surface area contributed by atoms with Crippen LogP contribution in [-0.2, 0) is 52.7 Å². The van der Waals surface area contributed by atoms with Crippen LogP contribution in [0.3, 0.4) is 0 Å². The fourth-order valence-electron chi connectivity index (χ4n) is 6.82. The van der Waals surface area contributed by atoms with Crippen LogP contribution in [0.4, 0.5) is 0 Å². The number of carbonyl (C=O) groups is 11. The van der Waals surface area contributed by atoms with E-state index >= 15 is 0 Å². The maximum absolute atomic E-state index is 13.9. The first-order chi connectivity index (χ1) is 34.2. The van der Waals surface area contributed by atoms with Crippen molar-refractivity contribution in [1.82, 2.24) is 47.9 Å². The molecule has 0 unspecified atom stereocenters. The van der Waals surface area contributed by atoms with Crippen molar-refractivity contribution in [3.8, 4) is 0 Å². The largest absolute Gasteiger partial charge is 0.480 e. The summed E-state index contributed by atoms with van der Waals surface area (Å²) in [6.07, 6.45) is -7.71. The number of hydrogen-bond acceptors (Lipinski definition) is 17. The summed E-state index contributed by atoms with van der Waals surface area (Å²) in [6.45, 7) is 13.3. The highest BCUT2D eigenvalue weighted by Crippen LogP contribution is 2.11. The molecule has 0 aliphatic carbocycles. The number of aliphatic hydroxyl groups is 4. The number of nitrogens with zero attached hydrogens (tertiary/aromatic N) is 1. The number of primary amides is 1. The van der Waals surface area contributed by atoms with E-state index in [1.165, 1.54) is 27.7 Å². The van der Waals surface area contributed by atoms with Gasteiger partial charge in [-0.25, -0.2) is 4.79 Å². The Balaban J connectivity index is 6.60. The minimum Gasteiger partial charge on any atom is -0.480 e. The van der Waals surface area contributed by atoms with Gasteiger partial charge in [-0.05, 0) is 64.7 Å². The molecule has 422 valence electrons. The number of aliphatic carboxylic acids is 1. The molecule has 0 aromatic heterocycles. The van der Waals surface area contributed by atoms with E-state index < -0.39 is 169 Å². The summed E-state index contributed by atoms with van der Waals surface area (Å²) in [5.74, 6) is -14.0. The van der Waals surface area contributed by atoms with Crippen LogP contribution >= 0.6 is 0 Å². The second-order valence-corrected chi connectivity index (χ2v) is 18.9. The van der Waals surface area contributed by atoms with Gasteiger partial charge in [0.1, 0.15) is 54.4 Å². The zero-order chi connectivity index (χ0) is 57.5. The molecule has 13 atom stereocenters. The minimum absolute atomic E-state index is 0.000694. The average molecular weight is 1060 g/mol. The van der Waals surface area contributed by atoms with Crippen molar-refractivity contribution in [3.05, 3.63) is 0 Å². The van der Waals surface area contributed by atoms with Crippen molar-refractivity contribution < 1.29 is 78.3 Å². The van der Waals surface area contributed by atoms with Gasteiger partial charge in [-0.3, -0.25) is 52.9 Å². The van der Waals surface area contributed by atoms with Crippen molar-refractivity contribution in [1.29, 1.82) is 0 Å². The van der Waals surface area contributed by atoms with Crippen LogP contribution in [0.15, 0.2) is 4.99 Å². The summed E-state index contributed by atoms with van der Waals surface area (Å²) in [6, 6.07) is -15.0. The maximum atomic E-state index is 13.9. The summed E-state index contributed by atoms with van der Waals surface area (Å²) in [7, 11) is 0. The third kappa shape index (κ3) is 23.9. The zero-order valence-electron chi connectivity index (χ0n) is 43.5. The molecule has 74 heavy (non-hydrogen) atoms. The molecule has 0 saturated heterocycles. The fourth-order valence-corrected chi connectivity index (χ4v) is 6.82. The molecule has 22 N–H and O–H groups in total. The van der Waals surface area contributed by atoms with Crippen LogP contribution in [0.2, 0.25) is 0 Å². The third-order valence-corrected chi connectivity index (χ3v) is 10.9. The summed E-state index contributed by atoms with van der Waals surface area (Å²) < 4.78 is 0. The van der Waals surface area contributed by atoms with Crippen molar-refractivity contribution >= 4 is 71.0 Å². The number of guanidine groups is 1. The Bertz CT molecular complexity index is 1980. The van der Waals surface area contributed by atoms with Gasteiger partial charge in [0.05, 0.1) is 37.4 Å². The number of carboxylic acids is 1. The summed E-state index contributed by atoms with van der Waals surface area (Å²) in [4.78, 5) is 148. The molecular weight excluding hydrogens is 981 g/mol. The molecule has 30 nitrogen and oxygen atoms in total. The molecule has 0 aromatic carbocycles. The average Bonchev–Trinajstić information content (AvgIpc) is 3.27. The van der Waals surface area contributed by atoms with Gasteiger partial charge in [0, 0.05) is 6.54 Å². The topological polar surface area (TPSA) is 514 Å². The first-order valence-electron chi connectivity index (χ1n) is 23.9. The van der Waals surface area contributed by atoms with E-state index in [0.29, 0.717) is 0 Å². The smallest absolute Gasteiger partial charge is 0.326 e. The van der Waals surface area contributed by atoms with E-state index in [2.05, 4.69) is 52.8 Å². The fraction of sp³-hybridized carbons (Fsp3) is 0.727. The van der Waals surface area contributed by atoms with Crippen LogP contribution in [0.1, 0.15) is 94.9 Å². The number of carboxylic acid groups (broad SMARTS) is 1. The Labute approximate surface area is 428 Å². The van der Waals surface area contributed by atoms with E-state index in [4.69, 9.17) is 22.9 Å². The Morgan fingerprint density at radius 1 is 0.446 bits per heavy atom. The Hall–Kier alpha value is -6.76. The Morgan fingerprint density at radius 2 is 0.784 bits per heavy atom. The lowest BCUT2D eigenvalue weighted by Crippen LogP contribution is -2.65. The van der Waals surface area contributed by atoms with Gasteiger partial charge in [0.2, 0.25) is 59.1 Å². The molecule has 0 rings (SSSR count). The SMILES string of the molecule is CC(C)C[C@H](NC(=O)CN)C(=O)N[C@@H](CC(N)=O)C(=O)N[C@@H](CCCN=C(N)N)C(=O)N[C@H](C(=O)N[C@H](C(=O)N[C@H](C(=O)N[C@H](C(=O)N[C@H](C(=O)N[C@H](C(=O)O)C(C)C)[C@@H](C)O)[C@@H](C)O)C(C)C)[C@@H](C)O)[C@@H](C)O. The molecule has 0 aliphatic rings. The molecule has 10 amide bonds. The van der Waals surface area contributed by atoms with Crippen molar-refractivity contribution in [2.24, 2.45) is 45.7 Å². The number of aliphatic imine (C=N–C) groups is 1. The molecule has 0 radical (unpaired) electrons. The first kappa shape index (κ1) is 67.2. The van der Waals surface area contributed by atoms with E-state index in [1.54, 1.807) is 13.8 Å². The molecular formula is C44H80N14O16. The van der Waals surface area contributed by atoms with E-state index in [0.717, 1.165) is 27.7 Å². The Morgan fingerprint density at radius 3 is 1.12 bits per heavy atom. The number of rotatable bonds is 33. The third-order valence-electron chi connectivity index (χ3n) is 10.9. The van der Waals surface area contributed by atoms with Crippen LogP contribution < -0.4 is 70.8 Å². The molecule has 0 fully saturated rings. The number of amides is 10. The van der Waals surface area contributed by atoms with Gasteiger partial charge < -0.3 is 96.3 Å². The van der Waals surface area contributed by atoms with Gasteiger partial charge in [0.15, 0.2) is 5.96 Å². The summed E-state index contributed by atoms with van der Waals surface area (Å²) in [5, 5.41) is 72.4. The summed E-state index contributed by atoms with van der Waals surface area (Å²) >= 11 is 0. The molecule has 0 aromatic rings. The van der Waals surface area contributed by atoms with Gasteiger partial charge in [-0.15, -0.1) is 0 Å². The molecule has 0 saturated carbocycles. The van der Waals surface area contributed by atoms with Gasteiger partial charge in [-0.2, -0.15) is 0 Å². The number of carbonyl (C=O) groups excluding carboxylic acids is 10. The van der Waals surface area contributed by atoms with E-state index in [-0.39, 0.29) is 37.7 Å². The second-order valence-electron chi connectivity index (χ2n) is 18.9. The number of nitrogens with two attached hydrogens (primary N) is 4. The normalized spacial score (nSPS) is 16.6. The van der Waals surface area contributed by atoms with Crippen LogP contribution in [0, 0.1) is 17.8 Å². The highest BCUT2D eigenvalue weighted by atomic mass is 16.4. The second kappa shape index (κ2) is 32.4. The quantitative estimate of drug-likeness (QED) is 0.0165. The van der Waals surface area contributed by atoms with Gasteiger partial charge in [0.25, 0.3) is 0 Å². The number of hydrogen-bond donors (Lipinski definition) is 18. The van der Waals surface area contributed by atoms with Gasteiger partial charge >= 0.3 is 5.97 Å². The van der Waals surface area contributed by atoms with Crippen LogP contribution in [0.5, 0.6) is 0 Å². The number of aliphatic hydroxyl groups excluding tert-OH is 4.